The minimum atomic E-state index is -3.44. The fourth-order valence-corrected chi connectivity index (χ4v) is 5.79. The third-order valence-electron chi connectivity index (χ3n) is 6.19. The minimum absolute atomic E-state index is 0. The van der Waals surface area contributed by atoms with Crippen LogP contribution in [0, 0.1) is 5.82 Å². The van der Waals surface area contributed by atoms with Crippen LogP contribution in [0.4, 0.5) is 20.6 Å². The molecule has 0 spiro atoms. The molecule has 2 aromatic carbocycles. The van der Waals surface area contributed by atoms with Gasteiger partial charge in [-0.15, -0.1) is 23.7 Å². The lowest BCUT2D eigenvalue weighted by Crippen LogP contribution is -2.19. The van der Waals surface area contributed by atoms with Crippen LogP contribution in [0.25, 0.3) is 20.8 Å². The first kappa shape index (κ1) is 32.8. The SMILES string of the molecule is COCCNCc1ccc(-c2cc3nccc(Oc4ccc(NC(=O)Nc5cccc(S(C)(=O)=O)c5)cc4F)c3s2)nc1.Cl. The zero-order valence-electron chi connectivity index (χ0n) is 23.7. The standard InChI is InChI=1S/C30H28FN5O5S2.ClH/c1-40-13-12-32-17-19-6-8-24(34-18-19)28-16-25-29(42-28)27(10-11-33-25)41-26-9-7-21(15-23(26)31)36-30(37)35-20-4-3-5-22(14-20)43(2,38)39;/h3-11,14-16,18,32H,12-13,17H2,1-2H3,(H2,35,36,37);1H. The number of pyridine rings is 2. The molecule has 14 heteroatoms. The fraction of sp³-hybridized carbons (Fsp3) is 0.167. The molecule has 0 aliphatic heterocycles. The van der Waals surface area contributed by atoms with Gasteiger partial charge in [0.2, 0.25) is 0 Å². The molecule has 5 rings (SSSR count). The summed E-state index contributed by atoms with van der Waals surface area (Å²) in [6, 6.07) is 16.7. The van der Waals surface area contributed by atoms with Crippen LogP contribution >= 0.6 is 23.7 Å². The molecule has 0 radical (unpaired) electrons. The molecule has 3 N–H and O–H groups in total. The van der Waals surface area contributed by atoms with Gasteiger partial charge in [0, 0.05) is 62.4 Å². The van der Waals surface area contributed by atoms with E-state index < -0.39 is 21.7 Å². The highest BCUT2D eigenvalue weighted by atomic mass is 35.5. The summed E-state index contributed by atoms with van der Waals surface area (Å²) in [5.74, 6) is -0.281. The summed E-state index contributed by atoms with van der Waals surface area (Å²) in [4.78, 5) is 22.4. The Labute approximate surface area is 264 Å². The molecule has 5 aromatic rings. The predicted octanol–water partition coefficient (Wildman–Crippen LogP) is 6.50. The van der Waals surface area contributed by atoms with Crippen LogP contribution < -0.4 is 20.7 Å². The van der Waals surface area contributed by atoms with Crippen LogP contribution in [0.2, 0.25) is 0 Å². The lowest BCUT2D eigenvalue weighted by Gasteiger charge is -2.11. The number of carbonyl (C=O) groups is 1. The summed E-state index contributed by atoms with van der Waals surface area (Å²) < 4.78 is 50.3. The summed E-state index contributed by atoms with van der Waals surface area (Å²) in [6.45, 7) is 2.08. The van der Waals surface area contributed by atoms with Gasteiger partial charge in [-0.1, -0.05) is 12.1 Å². The number of hydrogen-bond donors (Lipinski definition) is 3. The number of rotatable bonds is 11. The number of halogens is 2. The second kappa shape index (κ2) is 14.6. The smallest absolute Gasteiger partial charge is 0.323 e. The second-order valence-electron chi connectivity index (χ2n) is 9.48. The number of methoxy groups -OCH3 is 1. The van der Waals surface area contributed by atoms with E-state index in [0.29, 0.717) is 24.4 Å². The van der Waals surface area contributed by atoms with Crippen molar-refractivity contribution in [3.8, 4) is 22.1 Å². The van der Waals surface area contributed by atoms with Gasteiger partial charge in [-0.05, 0) is 48.0 Å². The molecule has 3 heterocycles. The molecule has 0 saturated heterocycles. The Bertz CT molecular complexity index is 1870. The van der Waals surface area contributed by atoms with E-state index in [4.69, 9.17) is 9.47 Å². The maximum Gasteiger partial charge on any atom is 0.323 e. The normalized spacial score (nSPS) is 11.2. The average Bonchev–Trinajstić information content (AvgIpc) is 3.42. The summed E-state index contributed by atoms with van der Waals surface area (Å²) in [5, 5.41) is 8.36. The Morgan fingerprint density at radius 3 is 2.48 bits per heavy atom. The van der Waals surface area contributed by atoms with E-state index >= 15 is 4.39 Å². The van der Waals surface area contributed by atoms with Crippen molar-refractivity contribution in [3.63, 3.8) is 0 Å². The largest absolute Gasteiger partial charge is 0.453 e. The zero-order chi connectivity index (χ0) is 30.4. The molecule has 0 saturated carbocycles. The molecule has 0 aliphatic carbocycles. The number of urea groups is 1. The van der Waals surface area contributed by atoms with E-state index in [2.05, 4.69) is 25.9 Å². The van der Waals surface area contributed by atoms with Gasteiger partial charge in [0.1, 0.15) is 5.75 Å². The van der Waals surface area contributed by atoms with Gasteiger partial charge >= 0.3 is 6.03 Å². The molecule has 2 amide bonds. The topological polar surface area (TPSA) is 132 Å². The van der Waals surface area contributed by atoms with Crippen LogP contribution in [-0.2, 0) is 21.1 Å². The highest BCUT2D eigenvalue weighted by Gasteiger charge is 2.15. The summed E-state index contributed by atoms with van der Waals surface area (Å²) >= 11 is 1.44. The average molecular weight is 658 g/mol. The van der Waals surface area contributed by atoms with E-state index in [0.717, 1.165) is 39.7 Å². The molecule has 0 unspecified atom stereocenters. The molecule has 0 bridgehead atoms. The van der Waals surface area contributed by atoms with Crippen LogP contribution in [0.3, 0.4) is 0 Å². The molecule has 0 atom stereocenters. The monoisotopic (exact) mass is 657 g/mol. The third kappa shape index (κ3) is 8.27. The molecule has 0 fully saturated rings. The molecule has 44 heavy (non-hydrogen) atoms. The van der Waals surface area contributed by atoms with Crippen molar-refractivity contribution in [3.05, 3.63) is 90.5 Å². The van der Waals surface area contributed by atoms with E-state index in [9.17, 15) is 13.2 Å². The van der Waals surface area contributed by atoms with Gasteiger partial charge in [0.05, 0.1) is 32.3 Å². The number of amides is 2. The number of nitrogens with zero attached hydrogens (tertiary/aromatic N) is 2. The third-order valence-corrected chi connectivity index (χ3v) is 8.47. The van der Waals surface area contributed by atoms with Gasteiger partial charge in [0.25, 0.3) is 0 Å². The second-order valence-corrected chi connectivity index (χ2v) is 12.5. The van der Waals surface area contributed by atoms with Crippen molar-refractivity contribution >= 4 is 61.2 Å². The van der Waals surface area contributed by atoms with E-state index in [1.807, 2.05) is 24.4 Å². The van der Waals surface area contributed by atoms with Gasteiger partial charge in [0.15, 0.2) is 21.4 Å². The molecule has 0 aliphatic rings. The number of anilines is 2. The Kier molecular flexibility index (Phi) is 10.8. The van der Waals surface area contributed by atoms with Crippen LogP contribution in [-0.4, -0.2) is 50.9 Å². The number of ether oxygens (including phenoxy) is 2. The molecule has 10 nitrogen and oxygen atoms in total. The van der Waals surface area contributed by atoms with Gasteiger partial charge < -0.3 is 25.4 Å². The first-order valence-electron chi connectivity index (χ1n) is 13.1. The van der Waals surface area contributed by atoms with Crippen molar-refractivity contribution in [1.29, 1.82) is 0 Å². The van der Waals surface area contributed by atoms with Crippen molar-refractivity contribution in [2.24, 2.45) is 0 Å². The summed E-state index contributed by atoms with van der Waals surface area (Å²) in [7, 11) is -1.77. The van der Waals surface area contributed by atoms with E-state index in [1.165, 1.54) is 41.7 Å². The molecule has 3 aromatic heterocycles. The molecular weight excluding hydrogens is 629 g/mol. The number of hydrogen-bond acceptors (Lipinski definition) is 9. The number of thiophene rings is 1. The maximum atomic E-state index is 15.0. The number of fused-ring (bicyclic) bond motifs is 1. The van der Waals surface area contributed by atoms with Crippen LogP contribution in [0.15, 0.2) is 84.0 Å². The van der Waals surface area contributed by atoms with Crippen molar-refractivity contribution in [2.45, 2.75) is 11.4 Å². The first-order valence-corrected chi connectivity index (χ1v) is 15.8. The Morgan fingerprint density at radius 2 is 1.77 bits per heavy atom. The number of carbonyl (C=O) groups excluding carboxylic acids is 1. The Morgan fingerprint density at radius 1 is 0.977 bits per heavy atom. The Balaban J connectivity index is 0.00000442. The number of aromatic nitrogens is 2. The lowest BCUT2D eigenvalue weighted by molar-refractivity contribution is 0.199. The van der Waals surface area contributed by atoms with Crippen LogP contribution in [0.5, 0.6) is 11.5 Å². The molecular formula is C30H29ClFN5O5S2. The zero-order valence-corrected chi connectivity index (χ0v) is 26.1. The Hall–Kier alpha value is -4.14. The highest BCUT2D eigenvalue weighted by molar-refractivity contribution is 7.90. The number of benzene rings is 2. The number of nitrogens with one attached hydrogen (secondary N) is 3. The predicted molar refractivity (Wildman–Crippen MR) is 172 cm³/mol. The minimum Gasteiger partial charge on any atom is -0.453 e. The quantitative estimate of drug-likeness (QED) is 0.137. The highest BCUT2D eigenvalue weighted by Crippen LogP contribution is 2.39. The first-order chi connectivity index (χ1) is 20.7. The number of sulfone groups is 1. The van der Waals surface area contributed by atoms with Gasteiger partial charge in [-0.3, -0.25) is 9.97 Å². The summed E-state index contributed by atoms with van der Waals surface area (Å²) in [6.07, 6.45) is 4.49. The van der Waals surface area contributed by atoms with Gasteiger partial charge in [-0.25, -0.2) is 17.6 Å². The van der Waals surface area contributed by atoms with Gasteiger partial charge in [-0.2, -0.15) is 0 Å². The van der Waals surface area contributed by atoms with Crippen molar-refractivity contribution < 1.29 is 27.1 Å². The molecule has 230 valence electrons. The van der Waals surface area contributed by atoms with Crippen molar-refractivity contribution in [2.75, 3.05) is 37.2 Å². The van der Waals surface area contributed by atoms with E-state index in [-0.39, 0.29) is 34.4 Å². The van der Waals surface area contributed by atoms with Crippen molar-refractivity contribution in [1.82, 2.24) is 15.3 Å². The fourth-order valence-electron chi connectivity index (χ4n) is 4.08. The maximum absolute atomic E-state index is 15.0. The summed E-state index contributed by atoms with van der Waals surface area (Å²) in [5.41, 5.74) is 3.00. The van der Waals surface area contributed by atoms with Crippen LogP contribution in [0.1, 0.15) is 5.56 Å². The lowest BCUT2D eigenvalue weighted by atomic mass is 10.2. The van der Waals surface area contributed by atoms with E-state index in [1.54, 1.807) is 25.4 Å².